The first kappa shape index (κ1) is 18.7. The van der Waals surface area contributed by atoms with Crippen LogP contribution in [-0.2, 0) is 4.74 Å². The Hall–Kier alpha value is -1.35. The lowest BCUT2D eigenvalue weighted by Crippen LogP contribution is -2.40. The second-order valence-electron chi connectivity index (χ2n) is 7.82. The first-order chi connectivity index (χ1) is 10.0. The molecule has 1 aromatic rings. The third-order valence-electron chi connectivity index (χ3n) is 3.50. The number of aryl methyl sites for hydroxylation is 1. The van der Waals surface area contributed by atoms with Crippen molar-refractivity contribution in [1.82, 2.24) is 5.32 Å². The molecule has 0 radical (unpaired) electrons. The Kier molecular flexibility index (Phi) is 6.18. The van der Waals surface area contributed by atoms with Gasteiger partial charge in [-0.3, -0.25) is 4.79 Å². The highest BCUT2D eigenvalue weighted by Crippen LogP contribution is 2.30. The van der Waals surface area contributed by atoms with Crippen molar-refractivity contribution in [3.05, 3.63) is 35.4 Å². The van der Waals surface area contributed by atoms with Crippen molar-refractivity contribution in [2.75, 3.05) is 6.54 Å². The minimum atomic E-state index is -0.202. The molecule has 0 heterocycles. The molecule has 0 spiro atoms. The van der Waals surface area contributed by atoms with Crippen molar-refractivity contribution in [1.29, 1.82) is 0 Å². The molecule has 3 heteroatoms. The molecule has 0 aromatic heterocycles. The molecule has 0 fully saturated rings. The first-order valence-electron chi connectivity index (χ1n) is 8.03. The second kappa shape index (κ2) is 7.28. The van der Waals surface area contributed by atoms with Crippen molar-refractivity contribution >= 4 is 5.91 Å². The molecule has 124 valence electrons. The number of carbonyl (C=O) groups is 1. The van der Waals surface area contributed by atoms with E-state index < -0.39 is 0 Å². The van der Waals surface area contributed by atoms with Gasteiger partial charge in [0, 0.05) is 12.1 Å². The zero-order valence-corrected chi connectivity index (χ0v) is 15.1. The molecule has 3 nitrogen and oxygen atoms in total. The summed E-state index contributed by atoms with van der Waals surface area (Å²) in [6.07, 6.45) is 1.08. The highest BCUT2D eigenvalue weighted by atomic mass is 16.5. The molecule has 0 aliphatic heterocycles. The third kappa shape index (κ3) is 6.61. The van der Waals surface area contributed by atoms with E-state index in [0.29, 0.717) is 12.1 Å². The number of hydrogen-bond donors (Lipinski definition) is 1. The van der Waals surface area contributed by atoms with E-state index in [1.54, 1.807) is 0 Å². The molecule has 1 rings (SSSR count). The van der Waals surface area contributed by atoms with Gasteiger partial charge < -0.3 is 10.1 Å². The maximum atomic E-state index is 12.2. The van der Waals surface area contributed by atoms with Crippen LogP contribution in [0.15, 0.2) is 24.3 Å². The monoisotopic (exact) mass is 305 g/mol. The fourth-order valence-corrected chi connectivity index (χ4v) is 3.02. The van der Waals surface area contributed by atoms with Crippen LogP contribution in [0.25, 0.3) is 0 Å². The molecule has 0 aliphatic rings. The van der Waals surface area contributed by atoms with Crippen molar-refractivity contribution in [3.8, 4) is 0 Å². The average molecular weight is 305 g/mol. The van der Waals surface area contributed by atoms with Gasteiger partial charge in [0.1, 0.15) is 0 Å². The summed E-state index contributed by atoms with van der Waals surface area (Å²) in [6.45, 7) is 15.3. The quantitative estimate of drug-likeness (QED) is 0.813. The van der Waals surface area contributed by atoms with E-state index in [9.17, 15) is 4.79 Å². The Balaban J connectivity index is 2.57. The molecular weight excluding hydrogens is 274 g/mol. The zero-order valence-electron chi connectivity index (χ0n) is 15.1. The van der Waals surface area contributed by atoms with E-state index in [4.69, 9.17) is 4.74 Å². The second-order valence-corrected chi connectivity index (χ2v) is 7.82. The third-order valence-corrected chi connectivity index (χ3v) is 3.50. The van der Waals surface area contributed by atoms with E-state index in [1.807, 2.05) is 45.0 Å². The Morgan fingerprint density at radius 2 is 1.68 bits per heavy atom. The molecule has 1 amide bonds. The van der Waals surface area contributed by atoms with E-state index in [0.717, 1.165) is 12.0 Å². The largest absolute Gasteiger partial charge is 0.373 e. The van der Waals surface area contributed by atoms with Gasteiger partial charge in [-0.2, -0.15) is 0 Å². The number of carbonyl (C=O) groups excluding carboxylic acids is 1. The Labute approximate surface area is 135 Å². The fraction of sp³-hybridized carbons (Fsp3) is 0.632. The van der Waals surface area contributed by atoms with Crippen LogP contribution >= 0.6 is 0 Å². The summed E-state index contributed by atoms with van der Waals surface area (Å²) in [6, 6.07) is 7.65. The van der Waals surface area contributed by atoms with Crippen LogP contribution in [0.3, 0.4) is 0 Å². The molecule has 0 aliphatic carbocycles. The van der Waals surface area contributed by atoms with Gasteiger partial charge in [0.2, 0.25) is 0 Å². The zero-order chi connectivity index (χ0) is 17.0. The number of rotatable bonds is 7. The predicted octanol–water partition coefficient (Wildman–Crippen LogP) is 4.34. The number of benzene rings is 1. The smallest absolute Gasteiger partial charge is 0.251 e. The summed E-state index contributed by atoms with van der Waals surface area (Å²) in [5.41, 5.74) is 1.63. The predicted molar refractivity (Wildman–Crippen MR) is 92.2 cm³/mol. The van der Waals surface area contributed by atoms with Gasteiger partial charge in [0.15, 0.2) is 0 Å². The van der Waals surface area contributed by atoms with E-state index in [1.165, 1.54) is 0 Å². The van der Waals surface area contributed by atoms with Crippen molar-refractivity contribution in [2.24, 2.45) is 5.41 Å². The van der Waals surface area contributed by atoms with Gasteiger partial charge in [0.25, 0.3) is 5.91 Å². The van der Waals surface area contributed by atoms with Crippen LogP contribution in [-0.4, -0.2) is 24.2 Å². The maximum absolute atomic E-state index is 12.2. The van der Waals surface area contributed by atoms with Gasteiger partial charge in [0.05, 0.1) is 11.7 Å². The standard InChI is InChI=1S/C19H31NO2/c1-14(2)22-19(6,7)12-18(4,5)13-20-17(21)16-10-8-15(3)9-11-16/h8-11,14H,12-13H2,1-7H3,(H,20,21). The minimum absolute atomic E-state index is 0.0179. The molecule has 22 heavy (non-hydrogen) atoms. The van der Waals surface area contributed by atoms with Crippen LogP contribution in [0.4, 0.5) is 0 Å². The topological polar surface area (TPSA) is 38.3 Å². The summed E-state index contributed by atoms with van der Waals surface area (Å²) in [5, 5.41) is 3.04. The molecule has 0 unspecified atom stereocenters. The van der Waals surface area contributed by atoms with Crippen LogP contribution in [0.5, 0.6) is 0 Å². The Morgan fingerprint density at radius 3 is 2.18 bits per heavy atom. The lowest BCUT2D eigenvalue weighted by Gasteiger charge is -2.36. The summed E-state index contributed by atoms with van der Waals surface area (Å²) in [5.74, 6) is -0.0179. The Bertz CT molecular complexity index is 487. The minimum Gasteiger partial charge on any atom is -0.373 e. The van der Waals surface area contributed by atoms with Crippen molar-refractivity contribution in [2.45, 2.75) is 66.6 Å². The fourth-order valence-electron chi connectivity index (χ4n) is 3.02. The number of ether oxygens (including phenoxy) is 1. The molecule has 0 saturated carbocycles. The van der Waals surface area contributed by atoms with Gasteiger partial charge in [-0.15, -0.1) is 0 Å². The Morgan fingerprint density at radius 1 is 1.14 bits per heavy atom. The van der Waals surface area contributed by atoms with Gasteiger partial charge in [-0.1, -0.05) is 31.5 Å². The number of amides is 1. The van der Waals surface area contributed by atoms with E-state index >= 15 is 0 Å². The van der Waals surface area contributed by atoms with Crippen LogP contribution < -0.4 is 5.32 Å². The first-order valence-corrected chi connectivity index (χ1v) is 8.03. The van der Waals surface area contributed by atoms with E-state index in [-0.39, 0.29) is 23.0 Å². The molecule has 0 bridgehead atoms. The molecule has 1 aromatic carbocycles. The van der Waals surface area contributed by atoms with Crippen LogP contribution in [0.1, 0.15) is 63.9 Å². The highest BCUT2D eigenvalue weighted by Gasteiger charge is 2.30. The van der Waals surface area contributed by atoms with Crippen molar-refractivity contribution < 1.29 is 9.53 Å². The summed E-state index contributed by atoms with van der Waals surface area (Å²) in [4.78, 5) is 12.2. The lowest BCUT2D eigenvalue weighted by atomic mass is 9.81. The number of nitrogens with one attached hydrogen (secondary N) is 1. The van der Waals surface area contributed by atoms with Gasteiger partial charge in [-0.25, -0.2) is 0 Å². The average Bonchev–Trinajstić information content (AvgIpc) is 2.34. The molecule has 0 atom stereocenters. The lowest BCUT2D eigenvalue weighted by molar-refractivity contribution is -0.0779. The summed E-state index contributed by atoms with van der Waals surface area (Å²) in [7, 11) is 0. The molecule has 1 N–H and O–H groups in total. The highest BCUT2D eigenvalue weighted by molar-refractivity contribution is 5.94. The van der Waals surface area contributed by atoms with E-state index in [2.05, 4.69) is 33.0 Å². The summed E-state index contributed by atoms with van der Waals surface area (Å²) >= 11 is 0. The van der Waals surface area contributed by atoms with Gasteiger partial charge in [-0.05, 0) is 58.6 Å². The SMILES string of the molecule is Cc1ccc(C(=O)NCC(C)(C)CC(C)(C)OC(C)C)cc1. The van der Waals surface area contributed by atoms with Crippen LogP contribution in [0, 0.1) is 12.3 Å². The molecule has 0 saturated heterocycles. The molecular formula is C19H31NO2. The van der Waals surface area contributed by atoms with Gasteiger partial charge >= 0.3 is 0 Å². The normalized spacial score (nSPS) is 12.5. The van der Waals surface area contributed by atoms with Crippen molar-refractivity contribution in [3.63, 3.8) is 0 Å². The van der Waals surface area contributed by atoms with Crippen LogP contribution in [0.2, 0.25) is 0 Å². The summed E-state index contributed by atoms with van der Waals surface area (Å²) < 4.78 is 5.97. The maximum Gasteiger partial charge on any atom is 0.251 e. The number of hydrogen-bond acceptors (Lipinski definition) is 2.